The lowest BCUT2D eigenvalue weighted by Crippen LogP contribution is -2.50. The van der Waals surface area contributed by atoms with Gasteiger partial charge in [0, 0.05) is 30.2 Å². The summed E-state index contributed by atoms with van der Waals surface area (Å²) in [4.78, 5) is 31.7. The summed E-state index contributed by atoms with van der Waals surface area (Å²) in [5.74, 6) is -0.194. The van der Waals surface area contributed by atoms with Crippen molar-refractivity contribution in [3.05, 3.63) is 59.4 Å². The van der Waals surface area contributed by atoms with E-state index >= 15 is 0 Å². The Morgan fingerprint density at radius 3 is 2.87 bits per heavy atom. The van der Waals surface area contributed by atoms with Crippen LogP contribution in [0.3, 0.4) is 0 Å². The number of likely N-dealkylation sites (tertiary alicyclic amines) is 1. The standard InChI is InChI=1S/C22H23N5O2S/c1-15-25-26-22(30-15)17-7-4-8-18(13-17)24-21(29)19-9-2-3-11-27(19)20(28)12-16-6-5-10-23-14-16/h4-8,10,13-14,19H,2-3,9,11-12H2,1H3,(H,24,29)/t19-/m0/s1. The molecule has 2 aromatic heterocycles. The first kappa shape index (κ1) is 20.2. The van der Waals surface area contributed by atoms with Gasteiger partial charge < -0.3 is 10.2 Å². The summed E-state index contributed by atoms with van der Waals surface area (Å²) in [6.07, 6.45) is 6.14. The molecule has 1 aliphatic rings. The number of nitrogens with one attached hydrogen (secondary N) is 1. The van der Waals surface area contributed by atoms with Crippen molar-refractivity contribution in [3.8, 4) is 10.6 Å². The molecule has 0 radical (unpaired) electrons. The van der Waals surface area contributed by atoms with Gasteiger partial charge in [-0.25, -0.2) is 0 Å². The summed E-state index contributed by atoms with van der Waals surface area (Å²) < 4.78 is 0. The number of aromatic nitrogens is 3. The Balaban J connectivity index is 1.46. The molecule has 0 spiro atoms. The van der Waals surface area contributed by atoms with Crippen molar-refractivity contribution in [1.82, 2.24) is 20.1 Å². The third-order valence-electron chi connectivity index (χ3n) is 5.11. The molecule has 1 aliphatic heterocycles. The number of piperidine rings is 1. The van der Waals surface area contributed by atoms with E-state index in [2.05, 4.69) is 20.5 Å². The molecule has 154 valence electrons. The Bertz CT molecular complexity index is 1040. The third kappa shape index (κ3) is 4.71. The number of anilines is 1. The first-order valence-electron chi connectivity index (χ1n) is 10.00. The molecule has 7 nitrogen and oxygen atoms in total. The quantitative estimate of drug-likeness (QED) is 0.681. The number of benzene rings is 1. The van der Waals surface area contributed by atoms with Crippen molar-refractivity contribution in [2.75, 3.05) is 11.9 Å². The Kier molecular flexibility index (Phi) is 6.13. The van der Waals surface area contributed by atoms with Crippen molar-refractivity contribution < 1.29 is 9.59 Å². The summed E-state index contributed by atoms with van der Waals surface area (Å²) in [5, 5.41) is 12.9. The SMILES string of the molecule is Cc1nnc(-c2cccc(NC(=O)[C@@H]3CCCCN3C(=O)Cc3cccnc3)c2)s1. The van der Waals surface area contributed by atoms with Crippen LogP contribution in [0, 0.1) is 6.92 Å². The fraction of sp³-hybridized carbons (Fsp3) is 0.318. The van der Waals surface area contributed by atoms with Crippen LogP contribution in [-0.2, 0) is 16.0 Å². The highest BCUT2D eigenvalue weighted by Crippen LogP contribution is 2.26. The Morgan fingerprint density at radius 1 is 1.20 bits per heavy atom. The zero-order chi connectivity index (χ0) is 20.9. The maximum absolute atomic E-state index is 13.0. The zero-order valence-corrected chi connectivity index (χ0v) is 17.6. The predicted octanol–water partition coefficient (Wildman–Crippen LogP) is 3.47. The molecule has 1 aromatic carbocycles. The summed E-state index contributed by atoms with van der Waals surface area (Å²) in [6.45, 7) is 2.51. The number of rotatable bonds is 5. The molecule has 1 N–H and O–H groups in total. The number of amides is 2. The maximum atomic E-state index is 13.0. The minimum absolute atomic E-state index is 0.0408. The van der Waals surface area contributed by atoms with E-state index in [9.17, 15) is 9.59 Å². The Labute approximate surface area is 179 Å². The molecule has 1 saturated heterocycles. The van der Waals surface area contributed by atoms with Gasteiger partial charge in [-0.2, -0.15) is 0 Å². The van der Waals surface area contributed by atoms with Crippen LogP contribution in [-0.4, -0.2) is 44.5 Å². The van der Waals surface area contributed by atoms with Crippen LogP contribution in [0.4, 0.5) is 5.69 Å². The number of aryl methyl sites for hydroxylation is 1. The van der Waals surface area contributed by atoms with E-state index < -0.39 is 6.04 Å². The van der Waals surface area contributed by atoms with Gasteiger partial charge in [-0.1, -0.05) is 29.5 Å². The molecular weight excluding hydrogens is 398 g/mol. The highest BCUT2D eigenvalue weighted by atomic mass is 32.1. The smallest absolute Gasteiger partial charge is 0.247 e. The first-order valence-corrected chi connectivity index (χ1v) is 10.8. The van der Waals surface area contributed by atoms with Gasteiger partial charge in [0.15, 0.2) is 0 Å². The number of nitrogens with zero attached hydrogens (tertiary/aromatic N) is 4. The summed E-state index contributed by atoms with van der Waals surface area (Å²) in [7, 11) is 0. The third-order valence-corrected chi connectivity index (χ3v) is 5.99. The average molecular weight is 422 g/mol. The van der Waals surface area contributed by atoms with Crippen LogP contribution in [0.25, 0.3) is 10.6 Å². The van der Waals surface area contributed by atoms with Crippen LogP contribution in [0.2, 0.25) is 0 Å². The largest absolute Gasteiger partial charge is 0.330 e. The molecule has 3 heterocycles. The second kappa shape index (κ2) is 9.13. The van der Waals surface area contributed by atoms with Crippen molar-refractivity contribution in [2.24, 2.45) is 0 Å². The van der Waals surface area contributed by atoms with Crippen LogP contribution in [0.1, 0.15) is 29.8 Å². The van der Waals surface area contributed by atoms with Crippen molar-refractivity contribution in [2.45, 2.75) is 38.6 Å². The molecule has 0 bridgehead atoms. The van der Waals surface area contributed by atoms with Crippen molar-refractivity contribution in [1.29, 1.82) is 0 Å². The molecule has 1 fully saturated rings. The second-order valence-corrected chi connectivity index (χ2v) is 8.51. The second-order valence-electron chi connectivity index (χ2n) is 7.33. The molecule has 0 saturated carbocycles. The van der Waals surface area contributed by atoms with Gasteiger partial charge in [0.1, 0.15) is 16.1 Å². The fourth-order valence-corrected chi connectivity index (χ4v) is 4.34. The lowest BCUT2D eigenvalue weighted by Gasteiger charge is -2.34. The monoisotopic (exact) mass is 421 g/mol. The highest BCUT2D eigenvalue weighted by Gasteiger charge is 2.32. The molecule has 1 atom stereocenters. The molecule has 0 aliphatic carbocycles. The van der Waals surface area contributed by atoms with Gasteiger partial charge in [-0.15, -0.1) is 10.2 Å². The number of carbonyl (C=O) groups is 2. The summed E-state index contributed by atoms with van der Waals surface area (Å²) in [6, 6.07) is 10.8. The molecule has 3 aromatic rings. The van der Waals surface area contributed by atoms with E-state index in [4.69, 9.17) is 0 Å². The van der Waals surface area contributed by atoms with E-state index in [1.165, 1.54) is 11.3 Å². The first-order chi connectivity index (χ1) is 14.6. The molecule has 8 heteroatoms. The molecule has 30 heavy (non-hydrogen) atoms. The zero-order valence-electron chi connectivity index (χ0n) is 16.7. The van der Waals surface area contributed by atoms with Crippen LogP contribution < -0.4 is 5.32 Å². The van der Waals surface area contributed by atoms with Crippen LogP contribution in [0.5, 0.6) is 0 Å². The Hall–Kier alpha value is -3.13. The molecule has 0 unspecified atom stereocenters. The van der Waals surface area contributed by atoms with Crippen LogP contribution in [0.15, 0.2) is 48.8 Å². The normalized spacial score (nSPS) is 16.3. The van der Waals surface area contributed by atoms with E-state index in [1.807, 2.05) is 43.3 Å². The van der Waals surface area contributed by atoms with Gasteiger partial charge in [-0.3, -0.25) is 14.6 Å². The van der Waals surface area contributed by atoms with Gasteiger partial charge in [-0.05, 0) is 49.9 Å². The topological polar surface area (TPSA) is 88.1 Å². The fourth-order valence-electron chi connectivity index (χ4n) is 3.65. The summed E-state index contributed by atoms with van der Waals surface area (Å²) in [5.41, 5.74) is 2.45. The molecule has 2 amide bonds. The minimum atomic E-state index is -0.463. The number of pyridine rings is 1. The van der Waals surface area contributed by atoms with E-state index in [1.54, 1.807) is 17.3 Å². The molecular formula is C22H23N5O2S. The maximum Gasteiger partial charge on any atom is 0.247 e. The summed E-state index contributed by atoms with van der Waals surface area (Å²) >= 11 is 1.51. The average Bonchev–Trinajstić information content (AvgIpc) is 3.21. The number of hydrogen-bond acceptors (Lipinski definition) is 6. The van der Waals surface area contributed by atoms with Crippen LogP contribution >= 0.6 is 11.3 Å². The van der Waals surface area contributed by atoms with E-state index in [-0.39, 0.29) is 18.2 Å². The predicted molar refractivity (Wildman–Crippen MR) is 116 cm³/mol. The van der Waals surface area contributed by atoms with Crippen molar-refractivity contribution >= 4 is 28.8 Å². The lowest BCUT2D eigenvalue weighted by atomic mass is 10.00. The molecule has 4 rings (SSSR count). The van der Waals surface area contributed by atoms with Crippen molar-refractivity contribution in [3.63, 3.8) is 0 Å². The lowest BCUT2D eigenvalue weighted by molar-refractivity contribution is -0.139. The highest BCUT2D eigenvalue weighted by molar-refractivity contribution is 7.14. The van der Waals surface area contributed by atoms with Gasteiger partial charge in [0.25, 0.3) is 0 Å². The van der Waals surface area contributed by atoms with Gasteiger partial charge >= 0.3 is 0 Å². The number of carbonyl (C=O) groups excluding carboxylic acids is 2. The minimum Gasteiger partial charge on any atom is -0.330 e. The Morgan fingerprint density at radius 2 is 2.10 bits per heavy atom. The van der Waals surface area contributed by atoms with E-state index in [0.29, 0.717) is 18.7 Å². The van der Waals surface area contributed by atoms with E-state index in [0.717, 1.165) is 34.0 Å². The van der Waals surface area contributed by atoms with Gasteiger partial charge in [0.05, 0.1) is 6.42 Å². The van der Waals surface area contributed by atoms with Gasteiger partial charge in [0.2, 0.25) is 11.8 Å². The number of hydrogen-bond donors (Lipinski definition) is 1.